The minimum Gasteiger partial charge on any atom is -0.504 e. The summed E-state index contributed by atoms with van der Waals surface area (Å²) < 4.78 is 15.9. The van der Waals surface area contributed by atoms with Gasteiger partial charge in [-0.15, -0.1) is 0 Å². The van der Waals surface area contributed by atoms with Crippen molar-refractivity contribution in [2.75, 3.05) is 21.3 Å². The molecular formula is C29H28CeN2O6. The Morgan fingerprint density at radius 1 is 0.868 bits per heavy atom. The van der Waals surface area contributed by atoms with E-state index in [9.17, 15) is 14.7 Å². The zero-order valence-corrected chi connectivity index (χ0v) is 24.5. The van der Waals surface area contributed by atoms with Crippen LogP contribution in [0.2, 0.25) is 0 Å². The van der Waals surface area contributed by atoms with Gasteiger partial charge < -0.3 is 24.6 Å². The second kappa shape index (κ2) is 13.5. The van der Waals surface area contributed by atoms with E-state index in [1.54, 1.807) is 75.2 Å². The second-order valence-electron chi connectivity index (χ2n) is 8.53. The van der Waals surface area contributed by atoms with Gasteiger partial charge in [-0.3, -0.25) is 14.6 Å². The number of methoxy groups -OCH3 is 3. The summed E-state index contributed by atoms with van der Waals surface area (Å²) in [6, 6.07) is 13.3. The first-order valence-corrected chi connectivity index (χ1v) is 11.7. The Morgan fingerprint density at radius 3 is 2.00 bits per heavy atom. The van der Waals surface area contributed by atoms with Crippen LogP contribution in [-0.2, 0) is 4.79 Å². The smallest absolute Gasteiger partial charge is 0.251 e. The fraction of sp³-hybridized carbons (Fsp3) is 0.207. The molecule has 1 aliphatic rings. The Hall–Kier alpha value is -3.21. The van der Waals surface area contributed by atoms with E-state index in [1.807, 2.05) is 6.07 Å². The number of aromatic nitrogens is 1. The molecule has 1 atom stereocenters. The third-order valence-corrected chi connectivity index (χ3v) is 6.09. The van der Waals surface area contributed by atoms with Crippen molar-refractivity contribution < 1.29 is 70.7 Å². The molecule has 2 N–H and O–H groups in total. The zero-order valence-electron chi connectivity index (χ0n) is 21.4. The predicted octanol–water partition coefficient (Wildman–Crippen LogP) is 4.44. The van der Waals surface area contributed by atoms with Crippen molar-refractivity contribution in [1.82, 2.24) is 10.3 Å². The van der Waals surface area contributed by atoms with Gasteiger partial charge in [0.05, 0.1) is 21.3 Å². The molecule has 1 aliphatic carbocycles. The molecule has 0 bridgehead atoms. The van der Waals surface area contributed by atoms with Crippen molar-refractivity contribution in [2.24, 2.45) is 0 Å². The minimum absolute atomic E-state index is 0. The number of hydrogen-bond donors (Lipinski definition) is 2. The summed E-state index contributed by atoms with van der Waals surface area (Å²) >= 11 is 0. The third-order valence-electron chi connectivity index (χ3n) is 6.09. The molecule has 0 aliphatic heterocycles. The van der Waals surface area contributed by atoms with E-state index in [0.717, 1.165) is 5.56 Å². The molecular weight excluding hydrogens is 612 g/mol. The Bertz CT molecular complexity index is 1370. The number of carbonyl (C=O) groups is 2. The molecule has 1 amide bonds. The number of pyridine rings is 1. The number of ketones is 1. The van der Waals surface area contributed by atoms with E-state index in [-0.39, 0.29) is 65.2 Å². The molecule has 0 radical (unpaired) electrons. The number of nitrogens with zero attached hydrogens (tertiary/aromatic N) is 1. The molecule has 1 heterocycles. The third kappa shape index (κ3) is 7.00. The molecule has 1 saturated carbocycles. The number of Topliss-reactive ketones (excluding diaryl/α,β-unsaturated/α-hetero) is 1. The predicted molar refractivity (Wildman–Crippen MR) is 140 cm³/mol. The molecule has 4 rings (SSSR count). The maximum Gasteiger partial charge on any atom is 0.251 e. The van der Waals surface area contributed by atoms with Crippen molar-refractivity contribution in [3.8, 4) is 23.0 Å². The molecule has 9 heteroatoms. The van der Waals surface area contributed by atoms with E-state index in [0.29, 0.717) is 52.4 Å². The number of nitrogens with one attached hydrogen (secondary N) is 1. The maximum atomic E-state index is 13.5. The van der Waals surface area contributed by atoms with E-state index in [4.69, 9.17) is 14.2 Å². The van der Waals surface area contributed by atoms with Crippen molar-refractivity contribution in [3.63, 3.8) is 0 Å². The first-order chi connectivity index (χ1) is 17.9. The number of rotatable bonds is 7. The van der Waals surface area contributed by atoms with Gasteiger partial charge in [0.2, 0.25) is 0 Å². The molecule has 1 fully saturated rings. The fourth-order valence-corrected chi connectivity index (χ4v) is 4.25. The maximum absolute atomic E-state index is 13.5. The Labute approximate surface area is 255 Å². The van der Waals surface area contributed by atoms with Crippen molar-refractivity contribution in [2.45, 2.75) is 18.9 Å². The van der Waals surface area contributed by atoms with Crippen LogP contribution in [0.3, 0.4) is 0 Å². The molecule has 1 unspecified atom stereocenters. The van der Waals surface area contributed by atoms with Crippen LogP contribution in [0.1, 0.15) is 34.3 Å². The van der Waals surface area contributed by atoms with Crippen LogP contribution < -0.4 is 19.5 Å². The van der Waals surface area contributed by atoms with Crippen LogP contribution in [0.5, 0.6) is 23.0 Å². The van der Waals surface area contributed by atoms with Crippen LogP contribution in [0.25, 0.3) is 12.2 Å². The fourth-order valence-electron chi connectivity index (χ4n) is 4.25. The molecule has 38 heavy (non-hydrogen) atoms. The summed E-state index contributed by atoms with van der Waals surface area (Å²) in [7, 11) is 4.58. The number of phenols is 1. The zero-order chi connectivity index (χ0) is 26.4. The van der Waals surface area contributed by atoms with Gasteiger partial charge in [0.1, 0.15) is 0 Å². The largest absolute Gasteiger partial charge is 0.504 e. The van der Waals surface area contributed by atoms with Crippen molar-refractivity contribution in [1.29, 1.82) is 0 Å². The summed E-state index contributed by atoms with van der Waals surface area (Å²) in [6.07, 6.45) is 7.40. The quantitative estimate of drug-likeness (QED) is 0.368. The van der Waals surface area contributed by atoms with E-state index in [1.165, 1.54) is 13.2 Å². The van der Waals surface area contributed by atoms with Crippen LogP contribution >= 0.6 is 0 Å². The standard InChI is InChI=1S/C29H28N2O6.Ce/c1-35-25-7-5-19(15-27(25)37-3)13-22-17-23(31-29(34)20-8-10-30-11-9-20)16-21(28(22)33)12-18-4-6-24(32)26(14-18)36-2;/h4-15,23,32H,16-17H2,1-3H3,(H,31,34);/b21-12+,22-13+;. The summed E-state index contributed by atoms with van der Waals surface area (Å²) in [6.45, 7) is 0. The molecule has 0 saturated heterocycles. The van der Waals surface area contributed by atoms with E-state index >= 15 is 0 Å². The number of ether oxygens (including phenoxy) is 3. The Balaban J connectivity index is 0.00000400. The van der Waals surface area contributed by atoms with Crippen LogP contribution in [0.4, 0.5) is 0 Å². The van der Waals surface area contributed by atoms with Gasteiger partial charge in [0, 0.05) is 76.9 Å². The van der Waals surface area contributed by atoms with Gasteiger partial charge in [-0.2, -0.15) is 0 Å². The Kier molecular flexibility index (Phi) is 10.5. The number of phenolic OH excluding ortho intramolecular Hbond substituents is 1. The number of benzene rings is 2. The monoisotopic (exact) mass is 640 g/mol. The number of aromatic hydroxyl groups is 1. The second-order valence-corrected chi connectivity index (χ2v) is 8.53. The van der Waals surface area contributed by atoms with Gasteiger partial charge in [-0.05, 0) is 72.5 Å². The molecule has 0 spiro atoms. The van der Waals surface area contributed by atoms with Gasteiger partial charge in [0.25, 0.3) is 5.91 Å². The average Bonchev–Trinajstić information content (AvgIpc) is 2.92. The van der Waals surface area contributed by atoms with Gasteiger partial charge in [-0.1, -0.05) is 12.1 Å². The van der Waals surface area contributed by atoms with Crippen LogP contribution in [0.15, 0.2) is 72.1 Å². The number of hydrogen-bond acceptors (Lipinski definition) is 7. The molecule has 194 valence electrons. The summed E-state index contributed by atoms with van der Waals surface area (Å²) in [4.78, 5) is 30.4. The minimum atomic E-state index is -0.310. The Morgan fingerprint density at radius 2 is 1.42 bits per heavy atom. The van der Waals surface area contributed by atoms with E-state index < -0.39 is 0 Å². The molecule has 2 aromatic carbocycles. The average molecular weight is 641 g/mol. The summed E-state index contributed by atoms with van der Waals surface area (Å²) in [5.74, 6) is 1.10. The number of carbonyl (C=O) groups excluding carboxylic acids is 2. The van der Waals surface area contributed by atoms with Crippen molar-refractivity contribution >= 4 is 23.8 Å². The first kappa shape index (κ1) is 29.3. The molecule has 8 nitrogen and oxygen atoms in total. The van der Waals surface area contributed by atoms with Gasteiger partial charge in [-0.25, -0.2) is 0 Å². The van der Waals surface area contributed by atoms with Crippen molar-refractivity contribution in [3.05, 3.63) is 88.8 Å². The normalized spacial score (nSPS) is 17.0. The SMILES string of the molecule is COc1cc(/C=C2\CC(NC(=O)c3ccncc3)C/C(=C\c3ccc(OC)c(OC)c3)C2=O)ccc1O.[Ce]. The van der Waals surface area contributed by atoms with Gasteiger partial charge in [0.15, 0.2) is 28.8 Å². The van der Waals surface area contributed by atoms with Gasteiger partial charge >= 0.3 is 0 Å². The number of amides is 1. The first-order valence-electron chi connectivity index (χ1n) is 11.7. The summed E-state index contributed by atoms with van der Waals surface area (Å²) in [5, 5.41) is 13.0. The van der Waals surface area contributed by atoms with Crippen LogP contribution in [0, 0.1) is 41.7 Å². The topological polar surface area (TPSA) is 107 Å². The molecule has 1 aromatic heterocycles. The van der Waals surface area contributed by atoms with Crippen LogP contribution in [-0.4, -0.2) is 49.2 Å². The molecule has 3 aromatic rings. The summed E-state index contributed by atoms with van der Waals surface area (Å²) in [5.41, 5.74) is 3.05. The van der Waals surface area contributed by atoms with E-state index in [2.05, 4.69) is 10.3 Å².